The van der Waals surface area contributed by atoms with Crippen LogP contribution in [0.1, 0.15) is 21.8 Å². The highest BCUT2D eigenvalue weighted by atomic mass is 32.2. The lowest BCUT2D eigenvalue weighted by Gasteiger charge is -2.05. The molecule has 0 fully saturated rings. The molecule has 152 valence electrons. The van der Waals surface area contributed by atoms with Crippen molar-refractivity contribution < 1.29 is 23.5 Å². The van der Waals surface area contributed by atoms with Gasteiger partial charge < -0.3 is 19.2 Å². The maximum atomic E-state index is 12.1. The Balaban J connectivity index is 1.44. The van der Waals surface area contributed by atoms with Crippen LogP contribution < -0.4 is 10.1 Å². The fraction of sp³-hybridized carbons (Fsp3) is 0.150. The highest BCUT2D eigenvalue weighted by Crippen LogP contribution is 2.19. The van der Waals surface area contributed by atoms with Crippen LogP contribution in [0.4, 0.5) is 5.69 Å². The maximum absolute atomic E-state index is 12.1. The van der Waals surface area contributed by atoms with Crippen molar-refractivity contribution >= 4 is 29.3 Å². The van der Waals surface area contributed by atoms with Crippen molar-refractivity contribution in [1.29, 1.82) is 5.26 Å². The van der Waals surface area contributed by atoms with E-state index in [0.717, 1.165) is 11.8 Å². The van der Waals surface area contributed by atoms with E-state index in [4.69, 9.17) is 14.4 Å². The van der Waals surface area contributed by atoms with Gasteiger partial charge in [-0.3, -0.25) is 4.79 Å². The number of nitrogens with zero attached hydrogens (tertiary/aromatic N) is 3. The molecule has 0 unspecified atom stereocenters. The summed E-state index contributed by atoms with van der Waals surface area (Å²) in [6.45, 7) is 0.0677. The number of thioether (sulfide) groups is 1. The van der Waals surface area contributed by atoms with E-state index in [1.807, 2.05) is 6.07 Å². The molecule has 0 aliphatic carbocycles. The first-order valence-corrected chi connectivity index (χ1v) is 9.62. The molecule has 3 aromatic rings. The lowest BCUT2D eigenvalue weighted by molar-refractivity contribution is -0.113. The Kier molecular flexibility index (Phi) is 7.02. The Morgan fingerprint density at radius 3 is 2.53 bits per heavy atom. The van der Waals surface area contributed by atoms with Gasteiger partial charge in [-0.15, -0.1) is 10.2 Å². The largest absolute Gasteiger partial charge is 0.484 e. The molecular formula is C20H16N4O5S. The minimum Gasteiger partial charge on any atom is -0.484 e. The summed E-state index contributed by atoms with van der Waals surface area (Å²) in [5.74, 6) is 0.189. The smallest absolute Gasteiger partial charge is 0.337 e. The molecule has 0 radical (unpaired) electrons. The average molecular weight is 424 g/mol. The van der Waals surface area contributed by atoms with Crippen LogP contribution in [0.5, 0.6) is 5.75 Å². The number of carbonyl (C=O) groups is 2. The summed E-state index contributed by atoms with van der Waals surface area (Å²) in [5, 5.41) is 19.5. The lowest BCUT2D eigenvalue weighted by atomic mass is 10.2. The Hall–Kier alpha value is -3.84. The number of rotatable bonds is 8. The first-order chi connectivity index (χ1) is 14.6. The van der Waals surface area contributed by atoms with Gasteiger partial charge in [0, 0.05) is 5.69 Å². The summed E-state index contributed by atoms with van der Waals surface area (Å²) in [4.78, 5) is 23.5. The Morgan fingerprint density at radius 2 is 1.87 bits per heavy atom. The number of anilines is 1. The number of nitrogens with one attached hydrogen (secondary N) is 1. The summed E-state index contributed by atoms with van der Waals surface area (Å²) < 4.78 is 15.6. The van der Waals surface area contributed by atoms with Crippen molar-refractivity contribution in [3.63, 3.8) is 0 Å². The number of methoxy groups -OCH3 is 1. The van der Waals surface area contributed by atoms with Crippen LogP contribution in [0, 0.1) is 11.3 Å². The monoisotopic (exact) mass is 424 g/mol. The Bertz CT molecular complexity index is 1060. The van der Waals surface area contributed by atoms with E-state index >= 15 is 0 Å². The molecule has 0 aliphatic rings. The van der Waals surface area contributed by atoms with Gasteiger partial charge in [0.2, 0.25) is 5.91 Å². The number of amides is 1. The summed E-state index contributed by atoms with van der Waals surface area (Å²) in [7, 11) is 1.30. The second-order valence-electron chi connectivity index (χ2n) is 5.79. The number of hydrogen-bond acceptors (Lipinski definition) is 9. The molecule has 9 nitrogen and oxygen atoms in total. The van der Waals surface area contributed by atoms with E-state index in [9.17, 15) is 9.59 Å². The fourth-order valence-electron chi connectivity index (χ4n) is 2.26. The molecule has 3 rings (SSSR count). The molecule has 0 spiro atoms. The van der Waals surface area contributed by atoms with Crippen molar-refractivity contribution in [3.05, 3.63) is 65.5 Å². The number of benzene rings is 2. The van der Waals surface area contributed by atoms with E-state index in [-0.39, 0.29) is 29.4 Å². The first-order valence-electron chi connectivity index (χ1n) is 8.64. The van der Waals surface area contributed by atoms with Crippen molar-refractivity contribution in [1.82, 2.24) is 10.2 Å². The minimum atomic E-state index is -0.446. The zero-order valence-electron chi connectivity index (χ0n) is 15.8. The lowest BCUT2D eigenvalue weighted by Crippen LogP contribution is -2.14. The SMILES string of the molecule is COC(=O)c1ccc(NC(=O)CSc2nnc(COc3ccc(C#N)cc3)o2)cc1. The minimum absolute atomic E-state index is 0.0663. The standard InChI is InChI=1S/C20H16N4O5S/c1-27-19(26)14-4-6-15(7-5-14)22-17(25)12-30-20-24-23-18(29-20)11-28-16-8-2-13(10-21)3-9-16/h2-9H,11-12H2,1H3,(H,22,25). The van der Waals surface area contributed by atoms with E-state index in [1.54, 1.807) is 48.5 Å². The van der Waals surface area contributed by atoms with Gasteiger partial charge in [0.1, 0.15) is 5.75 Å². The third-order valence-electron chi connectivity index (χ3n) is 3.71. The Labute approximate surface area is 176 Å². The van der Waals surface area contributed by atoms with Gasteiger partial charge in [-0.05, 0) is 48.5 Å². The number of ether oxygens (including phenoxy) is 2. The number of nitriles is 1. The third kappa shape index (κ3) is 5.83. The van der Waals surface area contributed by atoms with Crippen LogP contribution in [-0.2, 0) is 16.1 Å². The highest BCUT2D eigenvalue weighted by molar-refractivity contribution is 7.99. The van der Waals surface area contributed by atoms with Gasteiger partial charge in [-0.1, -0.05) is 11.8 Å². The van der Waals surface area contributed by atoms with Crippen LogP contribution in [0.25, 0.3) is 0 Å². The molecule has 0 aliphatic heterocycles. The molecule has 1 heterocycles. The van der Waals surface area contributed by atoms with Gasteiger partial charge in [0.05, 0.1) is 30.1 Å². The molecule has 30 heavy (non-hydrogen) atoms. The second kappa shape index (κ2) is 10.1. The molecule has 10 heteroatoms. The number of esters is 1. The predicted octanol–water partition coefficient (Wildman–Crippen LogP) is 3.04. The summed E-state index contributed by atoms with van der Waals surface area (Å²) >= 11 is 1.09. The van der Waals surface area contributed by atoms with E-state index < -0.39 is 5.97 Å². The summed E-state index contributed by atoms with van der Waals surface area (Å²) in [6.07, 6.45) is 0. The fourth-order valence-corrected chi connectivity index (χ4v) is 2.84. The van der Waals surface area contributed by atoms with Gasteiger partial charge in [-0.25, -0.2) is 4.79 Å². The summed E-state index contributed by atoms with van der Waals surface area (Å²) in [5.41, 5.74) is 1.48. The van der Waals surface area contributed by atoms with Crippen LogP contribution >= 0.6 is 11.8 Å². The molecular weight excluding hydrogens is 408 g/mol. The molecule has 2 aromatic carbocycles. The molecule has 1 aromatic heterocycles. The zero-order valence-corrected chi connectivity index (χ0v) is 16.6. The van der Waals surface area contributed by atoms with Gasteiger partial charge in [0.25, 0.3) is 11.1 Å². The predicted molar refractivity (Wildman–Crippen MR) is 107 cm³/mol. The molecule has 0 bridgehead atoms. The first kappa shape index (κ1) is 20.9. The topological polar surface area (TPSA) is 127 Å². The van der Waals surface area contributed by atoms with Gasteiger partial charge >= 0.3 is 5.97 Å². The van der Waals surface area contributed by atoms with E-state index in [0.29, 0.717) is 22.6 Å². The van der Waals surface area contributed by atoms with Crippen LogP contribution in [0.3, 0.4) is 0 Å². The van der Waals surface area contributed by atoms with Gasteiger partial charge in [-0.2, -0.15) is 5.26 Å². The quantitative estimate of drug-likeness (QED) is 0.428. The maximum Gasteiger partial charge on any atom is 0.337 e. The normalized spacial score (nSPS) is 10.1. The van der Waals surface area contributed by atoms with Crippen molar-refractivity contribution in [3.8, 4) is 11.8 Å². The zero-order chi connectivity index (χ0) is 21.3. The summed E-state index contributed by atoms with van der Waals surface area (Å²) in [6, 6.07) is 15.0. The molecule has 1 N–H and O–H groups in total. The number of hydrogen-bond donors (Lipinski definition) is 1. The van der Waals surface area contributed by atoms with Crippen LogP contribution in [0.15, 0.2) is 58.2 Å². The molecule has 0 saturated heterocycles. The van der Waals surface area contributed by atoms with Crippen molar-refractivity contribution in [2.75, 3.05) is 18.2 Å². The number of carbonyl (C=O) groups excluding carboxylic acids is 2. The van der Waals surface area contributed by atoms with Crippen LogP contribution in [0.2, 0.25) is 0 Å². The van der Waals surface area contributed by atoms with Crippen molar-refractivity contribution in [2.24, 2.45) is 0 Å². The van der Waals surface area contributed by atoms with Gasteiger partial charge in [0.15, 0.2) is 6.61 Å². The Morgan fingerprint density at radius 1 is 1.13 bits per heavy atom. The third-order valence-corrected chi connectivity index (χ3v) is 4.53. The molecule has 0 atom stereocenters. The molecule has 1 amide bonds. The highest BCUT2D eigenvalue weighted by Gasteiger charge is 2.11. The molecule has 0 saturated carbocycles. The van der Waals surface area contributed by atoms with Crippen molar-refractivity contribution in [2.45, 2.75) is 11.8 Å². The average Bonchev–Trinajstić information content (AvgIpc) is 3.24. The number of aromatic nitrogens is 2. The van der Waals surface area contributed by atoms with E-state index in [1.165, 1.54) is 7.11 Å². The second-order valence-corrected chi connectivity index (χ2v) is 6.72. The van der Waals surface area contributed by atoms with E-state index in [2.05, 4.69) is 20.3 Å². The van der Waals surface area contributed by atoms with Crippen LogP contribution in [-0.4, -0.2) is 34.9 Å².